The number of hydrogen-bond acceptors (Lipinski definition) is 8. The maximum absolute atomic E-state index is 11.5. The highest BCUT2D eigenvalue weighted by Crippen LogP contribution is 2.33. The van der Waals surface area contributed by atoms with Crippen LogP contribution in [0.5, 0.6) is 17.4 Å². The Kier molecular flexibility index (Phi) is 6.14. The lowest BCUT2D eigenvalue weighted by atomic mass is 10.1. The molecule has 0 amide bonds. The maximum atomic E-state index is 11.5. The summed E-state index contributed by atoms with van der Waals surface area (Å²) in [5, 5.41) is 30.0. The van der Waals surface area contributed by atoms with Crippen molar-refractivity contribution in [3.8, 4) is 17.4 Å². The van der Waals surface area contributed by atoms with E-state index < -0.39 is 21.8 Å². The van der Waals surface area contributed by atoms with Crippen molar-refractivity contribution in [2.75, 3.05) is 0 Å². The number of aliphatic carboxylic acids is 1. The maximum Gasteiger partial charge on any atom is 0.320 e. The minimum Gasteiger partial charge on any atom is -0.494 e. The van der Waals surface area contributed by atoms with Crippen LogP contribution in [0.4, 0.5) is 5.69 Å². The van der Waals surface area contributed by atoms with Crippen LogP contribution in [-0.2, 0) is 17.6 Å². The second kappa shape index (κ2) is 8.76. The summed E-state index contributed by atoms with van der Waals surface area (Å²) >= 11 is 0.830. The zero-order chi connectivity index (χ0) is 21.8. The zero-order valence-corrected chi connectivity index (χ0v) is 16.2. The van der Waals surface area contributed by atoms with Gasteiger partial charge < -0.3 is 20.7 Å². The van der Waals surface area contributed by atoms with Gasteiger partial charge in [0, 0.05) is 12.5 Å². The number of nitro benzene ring substituents is 1. The van der Waals surface area contributed by atoms with Gasteiger partial charge >= 0.3 is 16.5 Å². The fourth-order valence-electron chi connectivity index (χ4n) is 2.72. The van der Waals surface area contributed by atoms with Crippen molar-refractivity contribution < 1.29 is 24.7 Å². The van der Waals surface area contributed by atoms with E-state index in [1.54, 1.807) is 30.3 Å². The Morgan fingerprint density at radius 2 is 1.90 bits per heavy atom. The number of hydrogen-bond donors (Lipinski definition) is 4. The van der Waals surface area contributed by atoms with Crippen LogP contribution in [0.15, 0.2) is 47.3 Å². The summed E-state index contributed by atoms with van der Waals surface area (Å²) in [5.41, 5.74) is 6.44. The molecule has 156 valence electrons. The second-order valence-electron chi connectivity index (χ2n) is 6.42. The van der Waals surface area contributed by atoms with Crippen molar-refractivity contribution in [1.29, 1.82) is 0 Å². The summed E-state index contributed by atoms with van der Waals surface area (Å²) in [6.45, 7) is 0. The van der Waals surface area contributed by atoms with Crippen molar-refractivity contribution in [2.45, 2.75) is 18.9 Å². The molecular weight excluding hydrogens is 414 g/mol. The van der Waals surface area contributed by atoms with Gasteiger partial charge in [-0.25, -0.2) is 0 Å². The summed E-state index contributed by atoms with van der Waals surface area (Å²) in [7, 11) is 0. The van der Waals surface area contributed by atoms with Crippen molar-refractivity contribution >= 4 is 23.0 Å². The molecule has 1 heterocycles. The predicted octanol–water partition coefficient (Wildman–Crippen LogP) is 2.39. The first kappa shape index (κ1) is 21.0. The van der Waals surface area contributed by atoms with Crippen LogP contribution in [0.1, 0.15) is 16.0 Å². The lowest BCUT2D eigenvalue weighted by molar-refractivity contribution is -0.385. The van der Waals surface area contributed by atoms with Gasteiger partial charge in [0.1, 0.15) is 11.8 Å². The summed E-state index contributed by atoms with van der Waals surface area (Å²) in [4.78, 5) is 35.2. The Bertz CT molecular complexity index is 1140. The number of rotatable bonds is 8. The molecule has 0 aliphatic carbocycles. The fourth-order valence-corrected chi connectivity index (χ4v) is 3.48. The predicted molar refractivity (Wildman–Crippen MR) is 108 cm³/mol. The number of benzene rings is 2. The Hall–Kier alpha value is -3.70. The first-order chi connectivity index (χ1) is 14.2. The molecule has 5 N–H and O–H groups in total. The van der Waals surface area contributed by atoms with Crippen LogP contribution in [0, 0.1) is 10.1 Å². The van der Waals surface area contributed by atoms with Crippen LogP contribution in [0.2, 0.25) is 0 Å². The van der Waals surface area contributed by atoms with E-state index in [-0.39, 0.29) is 30.2 Å². The Labute approximate surface area is 173 Å². The Morgan fingerprint density at radius 3 is 2.47 bits per heavy atom. The molecule has 0 radical (unpaired) electrons. The number of carbonyl (C=O) groups is 1. The van der Waals surface area contributed by atoms with Gasteiger partial charge in [-0.15, -0.1) is 0 Å². The van der Waals surface area contributed by atoms with Gasteiger partial charge in [0.2, 0.25) is 11.6 Å². The number of thiazole rings is 1. The van der Waals surface area contributed by atoms with Gasteiger partial charge in [-0.2, -0.15) is 0 Å². The van der Waals surface area contributed by atoms with Crippen molar-refractivity contribution in [1.82, 2.24) is 4.98 Å². The lowest BCUT2D eigenvalue weighted by Gasteiger charge is -2.10. The molecule has 2 aromatic carbocycles. The van der Waals surface area contributed by atoms with Crippen molar-refractivity contribution in [3.05, 3.63) is 78.3 Å². The molecule has 0 saturated heterocycles. The molecule has 0 fully saturated rings. The highest BCUT2D eigenvalue weighted by Gasteiger charge is 2.19. The van der Waals surface area contributed by atoms with Gasteiger partial charge in [0.05, 0.1) is 9.80 Å². The van der Waals surface area contributed by atoms with E-state index in [0.29, 0.717) is 21.8 Å². The molecule has 11 heteroatoms. The van der Waals surface area contributed by atoms with Crippen LogP contribution in [0.25, 0.3) is 0 Å². The molecular formula is C19H17N3O7S. The molecule has 30 heavy (non-hydrogen) atoms. The third-order valence-corrected chi connectivity index (χ3v) is 5.08. The highest BCUT2D eigenvalue weighted by atomic mass is 32.1. The quantitative estimate of drug-likeness (QED) is 0.311. The minimum atomic E-state index is -1.11. The van der Waals surface area contributed by atoms with Crippen LogP contribution < -0.4 is 15.3 Å². The average Bonchev–Trinajstić information content (AvgIpc) is 3.01. The summed E-state index contributed by atoms with van der Waals surface area (Å²) < 4.78 is 5.62. The van der Waals surface area contributed by atoms with E-state index in [0.717, 1.165) is 11.3 Å². The number of aromatic amines is 1. The first-order valence-electron chi connectivity index (χ1n) is 8.66. The zero-order valence-electron chi connectivity index (χ0n) is 15.4. The van der Waals surface area contributed by atoms with E-state index in [4.69, 9.17) is 15.6 Å². The minimum absolute atomic E-state index is 0.0187. The molecule has 1 unspecified atom stereocenters. The number of carboxylic acids is 1. The standard InChI is InChI=1S/C19H17N3O7S/c20-13(18(24)25)7-10-1-4-12(5-2-10)29-15-6-3-11(8-14(15)22(27)28)9-16-17(23)21-19(26)30-16/h1-6,8,13,23H,7,9,20H2,(H,21,26)(H,24,25). The van der Waals surface area contributed by atoms with Gasteiger partial charge in [0.15, 0.2) is 0 Å². The molecule has 0 aliphatic heterocycles. The van der Waals surface area contributed by atoms with E-state index >= 15 is 0 Å². The lowest BCUT2D eigenvalue weighted by Crippen LogP contribution is -2.32. The third-order valence-electron chi connectivity index (χ3n) is 4.21. The SMILES string of the molecule is NC(Cc1ccc(Oc2ccc(Cc3sc(=O)[nH]c3O)cc2[N+](=O)[O-])cc1)C(=O)O. The highest BCUT2D eigenvalue weighted by molar-refractivity contribution is 7.09. The fraction of sp³-hybridized carbons (Fsp3) is 0.158. The topological polar surface area (TPSA) is 169 Å². The van der Waals surface area contributed by atoms with Gasteiger partial charge in [-0.05, 0) is 35.7 Å². The molecule has 0 saturated carbocycles. The van der Waals surface area contributed by atoms with Crippen LogP contribution >= 0.6 is 11.3 Å². The van der Waals surface area contributed by atoms with Crippen molar-refractivity contribution in [3.63, 3.8) is 0 Å². The molecule has 3 rings (SSSR count). The van der Waals surface area contributed by atoms with Gasteiger partial charge in [-0.3, -0.25) is 24.7 Å². The largest absolute Gasteiger partial charge is 0.494 e. The van der Waals surface area contributed by atoms with Gasteiger partial charge in [-0.1, -0.05) is 29.5 Å². The van der Waals surface area contributed by atoms with Crippen LogP contribution in [-0.4, -0.2) is 32.1 Å². The first-order valence-corrected chi connectivity index (χ1v) is 9.48. The van der Waals surface area contributed by atoms with E-state index in [1.165, 1.54) is 12.1 Å². The Balaban J connectivity index is 1.78. The number of carboxylic acid groups (broad SMARTS) is 1. The number of aromatic hydroxyl groups is 1. The third kappa shape index (κ3) is 5.01. The number of H-pyrrole nitrogens is 1. The summed E-state index contributed by atoms with van der Waals surface area (Å²) in [5.74, 6) is -1.01. The number of nitrogens with zero attached hydrogens (tertiary/aromatic N) is 1. The molecule has 1 atom stereocenters. The summed E-state index contributed by atoms with van der Waals surface area (Å²) in [6, 6.07) is 9.74. The molecule has 0 bridgehead atoms. The second-order valence-corrected chi connectivity index (χ2v) is 7.48. The monoisotopic (exact) mass is 431 g/mol. The van der Waals surface area contributed by atoms with E-state index in [2.05, 4.69) is 4.98 Å². The van der Waals surface area contributed by atoms with E-state index in [9.17, 15) is 24.8 Å². The molecule has 0 aliphatic rings. The molecule has 3 aromatic rings. The number of ether oxygens (including phenoxy) is 1. The normalized spacial score (nSPS) is 11.8. The van der Waals surface area contributed by atoms with Crippen LogP contribution in [0.3, 0.4) is 0 Å². The number of nitrogens with one attached hydrogen (secondary N) is 1. The summed E-state index contributed by atoms with van der Waals surface area (Å²) in [6.07, 6.45) is 0.289. The van der Waals surface area contributed by atoms with Gasteiger partial charge in [0.25, 0.3) is 0 Å². The molecule has 1 aromatic heterocycles. The molecule has 10 nitrogen and oxygen atoms in total. The average molecular weight is 431 g/mol. The molecule has 0 spiro atoms. The van der Waals surface area contributed by atoms with Crippen molar-refractivity contribution in [2.24, 2.45) is 5.73 Å². The number of aromatic nitrogens is 1. The smallest absolute Gasteiger partial charge is 0.320 e. The Morgan fingerprint density at radius 1 is 1.23 bits per heavy atom. The number of nitrogens with two attached hydrogens (primary N) is 1. The number of nitro groups is 1. The van der Waals surface area contributed by atoms with E-state index in [1.807, 2.05) is 0 Å².